The summed E-state index contributed by atoms with van der Waals surface area (Å²) in [6, 6.07) is 5.84. The molecule has 1 aromatic carbocycles. The second-order valence-corrected chi connectivity index (χ2v) is 9.13. The molecule has 10 nitrogen and oxygen atoms in total. The minimum atomic E-state index is -0.939. The standard InChI is InChI=1S/C24H37Cl2N5O5/c1-4-36-24(35)19(13-17-5-7-18(8-6-17)31(11-9-25)12-10-26)30-21(33)15-28-20(32)14-29-23(34)22(27)16(2)3/h5-8,16,19,22H,4,9-15,27H2,1-3H3,(H,28,32)(H,29,34)(H,30,33)/t19-,22-/m0/s1. The number of hydrogen-bond acceptors (Lipinski definition) is 7. The van der Waals surface area contributed by atoms with Crippen molar-refractivity contribution in [1.82, 2.24) is 16.0 Å². The van der Waals surface area contributed by atoms with Crippen LogP contribution in [0.5, 0.6) is 0 Å². The summed E-state index contributed by atoms with van der Waals surface area (Å²) in [5.74, 6) is -1.32. The average Bonchev–Trinajstić information content (AvgIpc) is 2.85. The highest BCUT2D eigenvalue weighted by molar-refractivity contribution is 6.18. The van der Waals surface area contributed by atoms with E-state index in [4.69, 9.17) is 33.7 Å². The number of carbonyl (C=O) groups is 4. The molecule has 0 unspecified atom stereocenters. The van der Waals surface area contributed by atoms with Gasteiger partial charge in [0.1, 0.15) is 6.04 Å². The maximum Gasteiger partial charge on any atom is 0.328 e. The second-order valence-electron chi connectivity index (χ2n) is 8.37. The van der Waals surface area contributed by atoms with Crippen LogP contribution in [0.15, 0.2) is 24.3 Å². The molecule has 0 heterocycles. The van der Waals surface area contributed by atoms with Gasteiger partial charge in [0, 0.05) is 37.0 Å². The molecule has 5 N–H and O–H groups in total. The van der Waals surface area contributed by atoms with E-state index in [1.807, 2.05) is 24.3 Å². The Balaban J connectivity index is 2.69. The molecule has 0 aromatic heterocycles. The maximum atomic E-state index is 12.4. The topological polar surface area (TPSA) is 143 Å². The Bertz CT molecular complexity index is 848. The first-order valence-electron chi connectivity index (χ1n) is 11.8. The molecule has 0 aliphatic heterocycles. The van der Waals surface area contributed by atoms with E-state index < -0.39 is 35.8 Å². The summed E-state index contributed by atoms with van der Waals surface area (Å²) in [5.41, 5.74) is 7.48. The fourth-order valence-electron chi connectivity index (χ4n) is 3.16. The highest BCUT2D eigenvalue weighted by atomic mass is 35.5. The van der Waals surface area contributed by atoms with Gasteiger partial charge in [0.25, 0.3) is 0 Å². The second kappa shape index (κ2) is 17.0. The lowest BCUT2D eigenvalue weighted by Gasteiger charge is -2.23. The van der Waals surface area contributed by atoms with Gasteiger partial charge in [-0.1, -0.05) is 26.0 Å². The summed E-state index contributed by atoms with van der Waals surface area (Å²) < 4.78 is 5.10. The van der Waals surface area contributed by atoms with E-state index in [1.165, 1.54) is 0 Å². The fraction of sp³-hybridized carbons (Fsp3) is 0.583. The first kappa shape index (κ1) is 31.5. The van der Waals surface area contributed by atoms with Crippen LogP contribution in [0, 0.1) is 5.92 Å². The van der Waals surface area contributed by atoms with E-state index in [-0.39, 0.29) is 32.0 Å². The van der Waals surface area contributed by atoms with Crippen molar-refractivity contribution >= 4 is 52.6 Å². The monoisotopic (exact) mass is 545 g/mol. The van der Waals surface area contributed by atoms with Crippen molar-refractivity contribution in [2.24, 2.45) is 11.7 Å². The minimum Gasteiger partial charge on any atom is -0.464 e. The van der Waals surface area contributed by atoms with Crippen molar-refractivity contribution < 1.29 is 23.9 Å². The van der Waals surface area contributed by atoms with Crippen LogP contribution in [0.25, 0.3) is 0 Å². The van der Waals surface area contributed by atoms with Gasteiger partial charge in [-0.25, -0.2) is 4.79 Å². The molecule has 0 bridgehead atoms. The lowest BCUT2D eigenvalue weighted by atomic mass is 10.0. The normalized spacial score (nSPS) is 12.4. The predicted octanol–water partition coefficient (Wildman–Crippen LogP) is 0.777. The number of ether oxygens (including phenoxy) is 1. The van der Waals surface area contributed by atoms with Crippen molar-refractivity contribution in [3.63, 3.8) is 0 Å². The van der Waals surface area contributed by atoms with Gasteiger partial charge in [-0.2, -0.15) is 0 Å². The Hall–Kier alpha value is -2.56. The summed E-state index contributed by atoms with van der Waals surface area (Å²) in [7, 11) is 0. The third-order valence-electron chi connectivity index (χ3n) is 5.25. The molecule has 0 aliphatic carbocycles. The molecule has 0 saturated heterocycles. The van der Waals surface area contributed by atoms with Crippen LogP contribution in [-0.4, -0.2) is 80.3 Å². The number of benzene rings is 1. The zero-order chi connectivity index (χ0) is 27.1. The number of rotatable bonds is 16. The van der Waals surface area contributed by atoms with Gasteiger partial charge in [-0.05, 0) is 30.5 Å². The first-order valence-corrected chi connectivity index (χ1v) is 12.9. The maximum absolute atomic E-state index is 12.4. The Morgan fingerprint density at radius 2 is 1.56 bits per heavy atom. The fourth-order valence-corrected chi connectivity index (χ4v) is 3.57. The lowest BCUT2D eigenvalue weighted by Crippen LogP contribution is -2.50. The molecule has 1 rings (SSSR count). The molecule has 0 spiro atoms. The molecule has 36 heavy (non-hydrogen) atoms. The molecular formula is C24H37Cl2N5O5. The van der Waals surface area contributed by atoms with E-state index in [1.54, 1.807) is 20.8 Å². The number of esters is 1. The van der Waals surface area contributed by atoms with Crippen LogP contribution < -0.4 is 26.6 Å². The van der Waals surface area contributed by atoms with E-state index >= 15 is 0 Å². The molecule has 0 saturated carbocycles. The van der Waals surface area contributed by atoms with Crippen LogP contribution in [0.2, 0.25) is 0 Å². The number of carbonyl (C=O) groups excluding carboxylic acids is 4. The van der Waals surface area contributed by atoms with Crippen LogP contribution >= 0.6 is 23.2 Å². The van der Waals surface area contributed by atoms with Gasteiger partial charge in [-0.15, -0.1) is 23.2 Å². The lowest BCUT2D eigenvalue weighted by molar-refractivity contribution is -0.147. The number of halogens is 2. The molecule has 2 atom stereocenters. The highest BCUT2D eigenvalue weighted by Gasteiger charge is 2.23. The number of hydrogen-bond donors (Lipinski definition) is 4. The van der Waals surface area contributed by atoms with Crippen LogP contribution in [0.4, 0.5) is 5.69 Å². The molecule has 0 radical (unpaired) electrons. The number of nitrogens with zero attached hydrogens (tertiary/aromatic N) is 1. The SMILES string of the molecule is CCOC(=O)[C@H](Cc1ccc(N(CCCl)CCCl)cc1)NC(=O)CNC(=O)CNC(=O)[C@@H](N)C(C)C. The van der Waals surface area contributed by atoms with Crippen LogP contribution in [0.1, 0.15) is 26.3 Å². The number of nitrogens with one attached hydrogen (secondary N) is 3. The van der Waals surface area contributed by atoms with Gasteiger partial charge in [0.2, 0.25) is 17.7 Å². The zero-order valence-corrected chi connectivity index (χ0v) is 22.5. The largest absolute Gasteiger partial charge is 0.464 e. The van der Waals surface area contributed by atoms with Crippen LogP contribution in [0.3, 0.4) is 0 Å². The smallest absolute Gasteiger partial charge is 0.328 e. The number of nitrogens with two attached hydrogens (primary N) is 1. The molecule has 3 amide bonds. The van der Waals surface area contributed by atoms with Crippen molar-refractivity contribution in [3.05, 3.63) is 29.8 Å². The third kappa shape index (κ3) is 11.5. The number of amides is 3. The van der Waals surface area contributed by atoms with Gasteiger partial charge in [0.15, 0.2) is 0 Å². The molecule has 0 aliphatic rings. The zero-order valence-electron chi connectivity index (χ0n) is 21.0. The van der Waals surface area contributed by atoms with Gasteiger partial charge >= 0.3 is 5.97 Å². The molecule has 0 fully saturated rings. The Morgan fingerprint density at radius 3 is 2.08 bits per heavy atom. The average molecular weight is 546 g/mol. The predicted molar refractivity (Wildman–Crippen MR) is 141 cm³/mol. The first-order chi connectivity index (χ1) is 17.1. The highest BCUT2D eigenvalue weighted by Crippen LogP contribution is 2.17. The number of anilines is 1. The molecule has 202 valence electrons. The molecular weight excluding hydrogens is 509 g/mol. The van der Waals surface area contributed by atoms with E-state index in [0.717, 1.165) is 11.3 Å². The van der Waals surface area contributed by atoms with E-state index in [0.29, 0.717) is 24.8 Å². The van der Waals surface area contributed by atoms with Crippen molar-refractivity contribution in [2.75, 3.05) is 49.4 Å². The Morgan fingerprint density at radius 1 is 0.972 bits per heavy atom. The van der Waals surface area contributed by atoms with Crippen molar-refractivity contribution in [1.29, 1.82) is 0 Å². The summed E-state index contributed by atoms with van der Waals surface area (Å²) in [6.45, 7) is 6.03. The Kier molecular flexibility index (Phi) is 14.9. The quantitative estimate of drug-likeness (QED) is 0.177. The van der Waals surface area contributed by atoms with Gasteiger partial charge in [-0.3, -0.25) is 14.4 Å². The molecule has 1 aromatic rings. The number of alkyl halides is 2. The van der Waals surface area contributed by atoms with Crippen molar-refractivity contribution in [3.8, 4) is 0 Å². The molecule has 12 heteroatoms. The van der Waals surface area contributed by atoms with E-state index in [9.17, 15) is 19.2 Å². The Labute approximate surface area is 222 Å². The van der Waals surface area contributed by atoms with Crippen molar-refractivity contribution in [2.45, 2.75) is 39.3 Å². The van der Waals surface area contributed by atoms with E-state index in [2.05, 4.69) is 20.9 Å². The summed E-state index contributed by atoms with van der Waals surface area (Å²) in [6.07, 6.45) is 0.201. The van der Waals surface area contributed by atoms with Gasteiger partial charge in [0.05, 0.1) is 25.7 Å². The third-order valence-corrected chi connectivity index (χ3v) is 5.58. The van der Waals surface area contributed by atoms with Crippen LogP contribution in [-0.2, 0) is 30.3 Å². The summed E-state index contributed by atoms with van der Waals surface area (Å²) in [4.78, 5) is 50.7. The van der Waals surface area contributed by atoms with Gasteiger partial charge < -0.3 is 31.3 Å². The minimum absolute atomic E-state index is 0.0786. The summed E-state index contributed by atoms with van der Waals surface area (Å²) in [5, 5.41) is 7.43. The summed E-state index contributed by atoms with van der Waals surface area (Å²) >= 11 is 11.7.